The van der Waals surface area contributed by atoms with Crippen molar-refractivity contribution < 1.29 is 9.47 Å². The van der Waals surface area contributed by atoms with Crippen molar-refractivity contribution >= 4 is 29.9 Å². The molecule has 1 saturated carbocycles. The van der Waals surface area contributed by atoms with Gasteiger partial charge >= 0.3 is 0 Å². The molecule has 0 amide bonds. The fourth-order valence-corrected chi connectivity index (χ4v) is 3.45. The van der Waals surface area contributed by atoms with Crippen molar-refractivity contribution in [3.63, 3.8) is 0 Å². The van der Waals surface area contributed by atoms with Crippen LogP contribution in [0, 0.1) is 11.8 Å². The van der Waals surface area contributed by atoms with E-state index in [4.69, 9.17) is 9.47 Å². The third-order valence-corrected chi connectivity index (χ3v) is 5.16. The molecule has 0 aromatic rings. The first-order chi connectivity index (χ1) is 10.8. The number of rotatable bonds is 5. The Morgan fingerprint density at radius 1 is 1.26 bits per heavy atom. The Kier molecular flexibility index (Phi) is 7.84. The molecular formula is C16H31IN4O2. The van der Waals surface area contributed by atoms with Gasteiger partial charge < -0.3 is 20.1 Å². The number of guanidine groups is 1. The zero-order chi connectivity index (χ0) is 15.4. The van der Waals surface area contributed by atoms with Gasteiger partial charge in [0, 0.05) is 51.3 Å². The van der Waals surface area contributed by atoms with Gasteiger partial charge in [-0.25, -0.2) is 0 Å². The van der Waals surface area contributed by atoms with E-state index in [0.29, 0.717) is 18.0 Å². The molecular weight excluding hydrogens is 407 g/mol. The van der Waals surface area contributed by atoms with Crippen molar-refractivity contribution in [2.45, 2.75) is 31.8 Å². The van der Waals surface area contributed by atoms with Crippen LogP contribution in [-0.2, 0) is 9.47 Å². The first-order valence-corrected chi connectivity index (χ1v) is 8.64. The van der Waals surface area contributed by atoms with Crippen LogP contribution in [0.1, 0.15) is 19.8 Å². The highest BCUT2D eigenvalue weighted by Crippen LogP contribution is 2.28. The van der Waals surface area contributed by atoms with Gasteiger partial charge in [0.05, 0.1) is 19.8 Å². The minimum Gasteiger partial charge on any atom is -0.381 e. The lowest BCUT2D eigenvalue weighted by molar-refractivity contribution is 0.00246. The third kappa shape index (κ3) is 5.44. The van der Waals surface area contributed by atoms with Gasteiger partial charge in [0.1, 0.15) is 0 Å². The Labute approximate surface area is 156 Å². The van der Waals surface area contributed by atoms with Gasteiger partial charge in [-0.2, -0.15) is 0 Å². The van der Waals surface area contributed by atoms with Crippen LogP contribution >= 0.6 is 24.0 Å². The maximum atomic E-state index is 5.62. The topological polar surface area (TPSA) is 58.1 Å². The summed E-state index contributed by atoms with van der Waals surface area (Å²) in [5.74, 6) is 2.33. The fourth-order valence-electron chi connectivity index (χ4n) is 3.45. The standard InChI is InChI=1S/C16H30N4O2.HI/c1-12-9-14(12)19-16(17-2)18-10-15(13-3-6-22-11-13)20-4-7-21-8-5-20;/h12-15H,3-11H2,1-2H3,(H2,17,18,19);1H. The average molecular weight is 438 g/mol. The maximum absolute atomic E-state index is 5.62. The van der Waals surface area contributed by atoms with Crippen LogP contribution in [0.5, 0.6) is 0 Å². The van der Waals surface area contributed by atoms with Gasteiger partial charge in [-0.15, -0.1) is 24.0 Å². The lowest BCUT2D eigenvalue weighted by Gasteiger charge is -2.37. The van der Waals surface area contributed by atoms with Crippen LogP contribution in [-0.4, -0.2) is 76.1 Å². The predicted molar refractivity (Wildman–Crippen MR) is 103 cm³/mol. The number of hydrogen-bond acceptors (Lipinski definition) is 4. The Morgan fingerprint density at radius 2 is 2.00 bits per heavy atom. The van der Waals surface area contributed by atoms with E-state index in [1.165, 1.54) is 6.42 Å². The highest BCUT2D eigenvalue weighted by molar-refractivity contribution is 14.0. The Hall–Kier alpha value is -0.120. The first kappa shape index (κ1) is 19.2. The summed E-state index contributed by atoms with van der Waals surface area (Å²) >= 11 is 0. The van der Waals surface area contributed by atoms with Gasteiger partial charge in [0.25, 0.3) is 0 Å². The van der Waals surface area contributed by atoms with E-state index in [2.05, 4.69) is 27.4 Å². The molecule has 0 aromatic heterocycles. The van der Waals surface area contributed by atoms with E-state index in [1.54, 1.807) is 0 Å². The summed E-state index contributed by atoms with van der Waals surface area (Å²) in [6.45, 7) is 8.72. The second-order valence-corrected chi connectivity index (χ2v) is 6.76. The monoisotopic (exact) mass is 438 g/mol. The van der Waals surface area contributed by atoms with Crippen molar-refractivity contribution in [1.82, 2.24) is 15.5 Å². The van der Waals surface area contributed by atoms with Gasteiger partial charge in [0.2, 0.25) is 0 Å². The van der Waals surface area contributed by atoms with Crippen LogP contribution in [0.25, 0.3) is 0 Å². The zero-order valence-corrected chi connectivity index (χ0v) is 16.6. The number of nitrogens with zero attached hydrogens (tertiary/aromatic N) is 2. The summed E-state index contributed by atoms with van der Waals surface area (Å²) in [5, 5.41) is 7.04. The molecule has 0 spiro atoms. The van der Waals surface area contributed by atoms with E-state index < -0.39 is 0 Å². The molecule has 2 aliphatic heterocycles. The number of hydrogen-bond donors (Lipinski definition) is 2. The minimum absolute atomic E-state index is 0. The minimum atomic E-state index is 0. The molecule has 23 heavy (non-hydrogen) atoms. The van der Waals surface area contributed by atoms with E-state index in [1.807, 2.05) is 7.05 Å². The fraction of sp³-hybridized carbons (Fsp3) is 0.938. The molecule has 0 radical (unpaired) electrons. The SMILES string of the molecule is CN=C(NCC(C1CCOC1)N1CCOCC1)NC1CC1C.I. The molecule has 2 saturated heterocycles. The normalized spacial score (nSPS) is 33.0. The number of halogens is 1. The summed E-state index contributed by atoms with van der Waals surface area (Å²) in [6, 6.07) is 1.10. The number of aliphatic imine (C=N–C) groups is 1. The molecule has 4 atom stereocenters. The van der Waals surface area contributed by atoms with Crippen molar-refractivity contribution in [2.24, 2.45) is 16.8 Å². The quantitative estimate of drug-likeness (QED) is 0.380. The molecule has 0 bridgehead atoms. The number of nitrogens with one attached hydrogen (secondary N) is 2. The summed E-state index contributed by atoms with van der Waals surface area (Å²) in [5.41, 5.74) is 0. The van der Waals surface area contributed by atoms with Crippen molar-refractivity contribution in [1.29, 1.82) is 0 Å². The Balaban J connectivity index is 0.00000192. The zero-order valence-electron chi connectivity index (χ0n) is 14.3. The largest absolute Gasteiger partial charge is 0.381 e. The number of ether oxygens (including phenoxy) is 2. The predicted octanol–water partition coefficient (Wildman–Crippen LogP) is 0.915. The van der Waals surface area contributed by atoms with Crippen LogP contribution in [0.15, 0.2) is 4.99 Å². The molecule has 2 heterocycles. The van der Waals surface area contributed by atoms with E-state index >= 15 is 0 Å². The van der Waals surface area contributed by atoms with Gasteiger partial charge in [-0.05, 0) is 18.8 Å². The molecule has 3 aliphatic rings. The first-order valence-electron chi connectivity index (χ1n) is 8.64. The number of morpholine rings is 1. The molecule has 2 N–H and O–H groups in total. The Bertz CT molecular complexity index is 384. The van der Waals surface area contributed by atoms with Gasteiger partial charge in [0.15, 0.2) is 5.96 Å². The van der Waals surface area contributed by atoms with Gasteiger partial charge in [-0.1, -0.05) is 6.92 Å². The van der Waals surface area contributed by atoms with Crippen LogP contribution < -0.4 is 10.6 Å². The molecule has 1 aliphatic carbocycles. The van der Waals surface area contributed by atoms with Crippen molar-refractivity contribution in [3.8, 4) is 0 Å². The maximum Gasteiger partial charge on any atom is 0.191 e. The molecule has 6 nitrogen and oxygen atoms in total. The van der Waals surface area contributed by atoms with Crippen LogP contribution in [0.4, 0.5) is 0 Å². The smallest absolute Gasteiger partial charge is 0.191 e. The molecule has 3 rings (SSSR count). The van der Waals surface area contributed by atoms with Gasteiger partial charge in [-0.3, -0.25) is 9.89 Å². The molecule has 7 heteroatoms. The summed E-state index contributed by atoms with van der Waals surface area (Å²) in [7, 11) is 1.85. The van der Waals surface area contributed by atoms with E-state index in [0.717, 1.165) is 64.4 Å². The lowest BCUT2D eigenvalue weighted by Crippen LogP contribution is -2.53. The molecule has 0 aromatic carbocycles. The van der Waals surface area contributed by atoms with Crippen LogP contribution in [0.2, 0.25) is 0 Å². The van der Waals surface area contributed by atoms with Crippen molar-refractivity contribution in [3.05, 3.63) is 0 Å². The van der Waals surface area contributed by atoms with E-state index in [-0.39, 0.29) is 24.0 Å². The highest BCUT2D eigenvalue weighted by atomic mass is 127. The summed E-state index contributed by atoms with van der Waals surface area (Å²) in [6.07, 6.45) is 2.42. The average Bonchev–Trinajstić information content (AvgIpc) is 3.02. The summed E-state index contributed by atoms with van der Waals surface area (Å²) < 4.78 is 11.1. The van der Waals surface area contributed by atoms with E-state index in [9.17, 15) is 0 Å². The van der Waals surface area contributed by atoms with Crippen molar-refractivity contribution in [2.75, 3.05) is 53.1 Å². The second-order valence-electron chi connectivity index (χ2n) is 6.76. The summed E-state index contributed by atoms with van der Waals surface area (Å²) in [4.78, 5) is 6.92. The lowest BCUT2D eigenvalue weighted by atomic mass is 9.97. The molecule has 4 unspecified atom stereocenters. The second kappa shape index (κ2) is 9.39. The Morgan fingerprint density at radius 3 is 2.57 bits per heavy atom. The molecule has 3 fully saturated rings. The molecule has 134 valence electrons. The van der Waals surface area contributed by atoms with Crippen LogP contribution in [0.3, 0.4) is 0 Å². The highest BCUT2D eigenvalue weighted by Gasteiger charge is 2.34. The third-order valence-electron chi connectivity index (χ3n) is 5.16.